The normalized spacial score (nSPS) is 13.8. The first-order chi connectivity index (χ1) is 14.3. The van der Waals surface area contributed by atoms with Gasteiger partial charge in [0, 0.05) is 24.7 Å². The first-order valence-corrected chi connectivity index (χ1v) is 10.0. The lowest BCUT2D eigenvalue weighted by Gasteiger charge is -2.27. The maximum absolute atomic E-state index is 6.10. The zero-order valence-electron chi connectivity index (χ0n) is 17.0. The second-order valence-corrected chi connectivity index (χ2v) is 7.07. The van der Waals surface area contributed by atoms with Gasteiger partial charge in [-0.05, 0) is 37.5 Å². The van der Waals surface area contributed by atoms with Crippen molar-refractivity contribution in [3.05, 3.63) is 72.1 Å². The lowest BCUT2D eigenvalue weighted by atomic mass is 9.96. The molecule has 4 rings (SSSR count). The average molecular weight is 518 g/mol. The molecule has 0 unspecified atom stereocenters. The number of aliphatic imine (C=N–C) groups is 1. The molecule has 3 aromatic rings. The molecule has 0 radical (unpaired) electrons. The third kappa shape index (κ3) is 5.75. The number of benzene rings is 2. The van der Waals surface area contributed by atoms with Crippen LogP contribution in [0, 0.1) is 0 Å². The Morgan fingerprint density at radius 1 is 1.07 bits per heavy atom. The highest BCUT2D eigenvalue weighted by molar-refractivity contribution is 14.0. The van der Waals surface area contributed by atoms with Crippen LogP contribution in [0.5, 0.6) is 5.75 Å². The van der Waals surface area contributed by atoms with Gasteiger partial charge in [0.15, 0.2) is 5.96 Å². The largest absolute Gasteiger partial charge is 0.490 e. The highest BCUT2D eigenvalue weighted by Crippen LogP contribution is 2.27. The number of guanidine groups is 1. The van der Waals surface area contributed by atoms with Gasteiger partial charge in [0.05, 0.1) is 18.3 Å². The van der Waals surface area contributed by atoms with E-state index in [1.807, 2.05) is 48.5 Å². The van der Waals surface area contributed by atoms with E-state index in [0.29, 0.717) is 31.0 Å². The van der Waals surface area contributed by atoms with E-state index in [1.54, 1.807) is 13.3 Å². The predicted molar refractivity (Wildman–Crippen MR) is 129 cm³/mol. The zero-order chi connectivity index (χ0) is 19.9. The van der Waals surface area contributed by atoms with E-state index >= 15 is 0 Å². The van der Waals surface area contributed by atoms with Crippen molar-refractivity contribution in [2.24, 2.45) is 4.99 Å². The minimum atomic E-state index is 0. The first-order valence-electron chi connectivity index (χ1n) is 10.0. The molecule has 0 saturated heterocycles. The summed E-state index contributed by atoms with van der Waals surface area (Å²) in [5, 5.41) is 6.62. The number of aromatic nitrogens is 1. The molecular formula is C23H27IN4O2. The number of hydrogen-bond donors (Lipinski definition) is 2. The quantitative estimate of drug-likeness (QED) is 0.268. The molecule has 1 aromatic heterocycles. The lowest BCUT2D eigenvalue weighted by Crippen LogP contribution is -2.36. The van der Waals surface area contributed by atoms with E-state index in [-0.39, 0.29) is 24.0 Å². The monoisotopic (exact) mass is 518 g/mol. The Balaban J connectivity index is 0.00000256. The molecule has 0 atom stereocenters. The topological polar surface area (TPSA) is 71.7 Å². The molecule has 6 nitrogen and oxygen atoms in total. The Morgan fingerprint density at radius 3 is 2.53 bits per heavy atom. The zero-order valence-corrected chi connectivity index (χ0v) is 19.3. The van der Waals surface area contributed by atoms with Crippen molar-refractivity contribution in [2.75, 3.05) is 7.05 Å². The molecule has 2 N–H and O–H groups in total. The van der Waals surface area contributed by atoms with Crippen LogP contribution in [-0.2, 0) is 13.1 Å². The molecule has 7 heteroatoms. The van der Waals surface area contributed by atoms with E-state index in [2.05, 4.69) is 26.7 Å². The number of halogens is 1. The minimum Gasteiger partial charge on any atom is -0.490 e. The SMILES string of the molecule is CN=C(NCc1coc(-c2ccccc2)n1)NCc1ccccc1OC1CCC1.I. The fourth-order valence-electron chi connectivity index (χ4n) is 3.11. The number of hydrogen-bond acceptors (Lipinski definition) is 4. The number of para-hydroxylation sites is 1. The Kier molecular flexibility index (Phi) is 8.12. The van der Waals surface area contributed by atoms with Gasteiger partial charge in [0.1, 0.15) is 12.0 Å². The van der Waals surface area contributed by atoms with Gasteiger partial charge in [0.2, 0.25) is 5.89 Å². The summed E-state index contributed by atoms with van der Waals surface area (Å²) in [5.74, 6) is 2.27. The highest BCUT2D eigenvalue weighted by Gasteiger charge is 2.20. The van der Waals surface area contributed by atoms with Crippen molar-refractivity contribution < 1.29 is 9.15 Å². The van der Waals surface area contributed by atoms with Crippen LogP contribution in [0.25, 0.3) is 11.5 Å². The lowest BCUT2D eigenvalue weighted by molar-refractivity contribution is 0.119. The van der Waals surface area contributed by atoms with E-state index in [9.17, 15) is 0 Å². The van der Waals surface area contributed by atoms with Crippen molar-refractivity contribution >= 4 is 29.9 Å². The van der Waals surface area contributed by atoms with Crippen LogP contribution in [0.2, 0.25) is 0 Å². The van der Waals surface area contributed by atoms with Gasteiger partial charge in [-0.2, -0.15) is 0 Å². The van der Waals surface area contributed by atoms with Crippen molar-refractivity contribution in [3.8, 4) is 17.2 Å². The fourth-order valence-corrected chi connectivity index (χ4v) is 3.11. The van der Waals surface area contributed by atoms with E-state index in [0.717, 1.165) is 35.4 Å². The molecule has 0 bridgehead atoms. The van der Waals surface area contributed by atoms with Gasteiger partial charge in [-0.3, -0.25) is 4.99 Å². The molecule has 0 aliphatic heterocycles. The smallest absolute Gasteiger partial charge is 0.226 e. The maximum atomic E-state index is 6.10. The molecule has 1 saturated carbocycles. The summed E-state index contributed by atoms with van der Waals surface area (Å²) < 4.78 is 11.7. The number of ether oxygens (including phenoxy) is 1. The average Bonchev–Trinajstić information content (AvgIpc) is 3.21. The maximum Gasteiger partial charge on any atom is 0.226 e. The van der Waals surface area contributed by atoms with Gasteiger partial charge in [0.25, 0.3) is 0 Å². The van der Waals surface area contributed by atoms with Gasteiger partial charge < -0.3 is 19.8 Å². The number of nitrogens with one attached hydrogen (secondary N) is 2. The third-order valence-electron chi connectivity index (χ3n) is 5.00. The van der Waals surface area contributed by atoms with Gasteiger partial charge in [-0.15, -0.1) is 24.0 Å². The molecule has 0 spiro atoms. The molecule has 2 aromatic carbocycles. The first kappa shape index (κ1) is 22.1. The Morgan fingerprint density at radius 2 is 1.80 bits per heavy atom. The van der Waals surface area contributed by atoms with Crippen molar-refractivity contribution in [1.29, 1.82) is 0 Å². The molecule has 1 heterocycles. The predicted octanol–water partition coefficient (Wildman–Crippen LogP) is 4.76. The summed E-state index contributed by atoms with van der Waals surface area (Å²) in [6.07, 6.45) is 5.58. The van der Waals surface area contributed by atoms with Crippen LogP contribution in [0.4, 0.5) is 0 Å². The highest BCUT2D eigenvalue weighted by atomic mass is 127. The summed E-state index contributed by atoms with van der Waals surface area (Å²) in [5.41, 5.74) is 2.90. The van der Waals surface area contributed by atoms with Crippen molar-refractivity contribution in [1.82, 2.24) is 15.6 Å². The molecule has 0 amide bonds. The third-order valence-corrected chi connectivity index (χ3v) is 5.00. The van der Waals surface area contributed by atoms with Crippen LogP contribution in [0.1, 0.15) is 30.5 Å². The number of nitrogens with zero attached hydrogens (tertiary/aromatic N) is 2. The van der Waals surface area contributed by atoms with Gasteiger partial charge in [-0.1, -0.05) is 36.4 Å². The molecule has 158 valence electrons. The molecule has 1 aliphatic carbocycles. The summed E-state index contributed by atoms with van der Waals surface area (Å²) >= 11 is 0. The summed E-state index contributed by atoms with van der Waals surface area (Å²) in [4.78, 5) is 8.83. The van der Waals surface area contributed by atoms with Gasteiger partial charge >= 0.3 is 0 Å². The second kappa shape index (κ2) is 11.0. The molecule has 1 aliphatic rings. The Hall–Kier alpha value is -2.55. The van der Waals surface area contributed by atoms with Crippen LogP contribution < -0.4 is 15.4 Å². The fraction of sp³-hybridized carbons (Fsp3) is 0.304. The van der Waals surface area contributed by atoms with E-state index in [1.165, 1.54) is 6.42 Å². The van der Waals surface area contributed by atoms with Crippen molar-refractivity contribution in [2.45, 2.75) is 38.5 Å². The summed E-state index contributed by atoms with van der Waals surface area (Å²) in [6, 6.07) is 18.0. The molecular weight excluding hydrogens is 491 g/mol. The Bertz CT molecular complexity index is 955. The van der Waals surface area contributed by atoms with Gasteiger partial charge in [-0.25, -0.2) is 4.98 Å². The standard InChI is InChI=1S/C23H26N4O2.HI/c1-24-23(25-14-18-10-5-6-13-21(18)29-20-11-7-12-20)26-15-19-16-28-22(27-19)17-8-3-2-4-9-17;/h2-6,8-10,13,16,20H,7,11-12,14-15H2,1H3,(H2,24,25,26);1H. The summed E-state index contributed by atoms with van der Waals surface area (Å²) in [7, 11) is 1.75. The van der Waals surface area contributed by atoms with E-state index < -0.39 is 0 Å². The van der Waals surface area contributed by atoms with Crippen molar-refractivity contribution in [3.63, 3.8) is 0 Å². The van der Waals surface area contributed by atoms with Crippen LogP contribution in [0.15, 0.2) is 70.3 Å². The Labute approximate surface area is 194 Å². The second-order valence-electron chi connectivity index (χ2n) is 7.07. The van der Waals surface area contributed by atoms with Crippen LogP contribution >= 0.6 is 24.0 Å². The summed E-state index contributed by atoms with van der Waals surface area (Å²) in [6.45, 7) is 1.16. The van der Waals surface area contributed by atoms with E-state index in [4.69, 9.17) is 9.15 Å². The number of oxazole rings is 1. The van der Waals surface area contributed by atoms with Crippen LogP contribution in [-0.4, -0.2) is 24.1 Å². The van der Waals surface area contributed by atoms with Crippen LogP contribution in [0.3, 0.4) is 0 Å². The molecule has 1 fully saturated rings. The molecule has 30 heavy (non-hydrogen) atoms. The number of rotatable bonds is 7. The minimum absolute atomic E-state index is 0.